The van der Waals surface area contributed by atoms with E-state index in [1.165, 1.54) is 0 Å². The highest BCUT2D eigenvalue weighted by Gasteiger charge is 2.25. The number of sulfone groups is 1. The van der Waals surface area contributed by atoms with Crippen molar-refractivity contribution in [3.8, 4) is 17.2 Å². The molecule has 0 N–H and O–H groups in total. The summed E-state index contributed by atoms with van der Waals surface area (Å²) in [4.78, 5) is 0.500. The highest BCUT2D eigenvalue weighted by Crippen LogP contribution is 2.35. The Morgan fingerprint density at radius 1 is 0.686 bits per heavy atom. The van der Waals surface area contributed by atoms with E-state index in [1.807, 2.05) is 61.5 Å². The molecule has 4 nitrogen and oxygen atoms in total. The van der Waals surface area contributed by atoms with Gasteiger partial charge in [0.25, 0.3) is 0 Å². The lowest BCUT2D eigenvalue weighted by Crippen LogP contribution is -2.20. The first-order chi connectivity index (χ1) is 16.8. The Balaban J connectivity index is 1.51. The van der Waals surface area contributed by atoms with Crippen molar-refractivity contribution in [2.75, 3.05) is 7.11 Å². The minimum atomic E-state index is -3.57. The zero-order valence-electron chi connectivity index (χ0n) is 20.1. The largest absolute Gasteiger partial charge is 0.497 e. The molecule has 178 valence electrons. The average molecular weight is 485 g/mol. The molecule has 0 fully saturated rings. The molecule has 0 amide bonds. The summed E-state index contributed by atoms with van der Waals surface area (Å²) < 4.78 is 37.0. The Kier molecular flexibility index (Phi) is 6.81. The summed E-state index contributed by atoms with van der Waals surface area (Å²) >= 11 is 0. The van der Waals surface area contributed by atoms with Gasteiger partial charge >= 0.3 is 0 Å². The number of ether oxygens (including phenoxy) is 2. The molecule has 4 aromatic carbocycles. The maximum atomic E-state index is 12.9. The van der Waals surface area contributed by atoms with Crippen molar-refractivity contribution in [1.29, 1.82) is 0 Å². The van der Waals surface area contributed by atoms with Gasteiger partial charge in [0, 0.05) is 5.41 Å². The van der Waals surface area contributed by atoms with Gasteiger partial charge in [-0.2, -0.15) is 0 Å². The Morgan fingerprint density at radius 3 is 1.51 bits per heavy atom. The number of benzene rings is 4. The smallest absolute Gasteiger partial charge is 0.206 e. The van der Waals surface area contributed by atoms with Crippen molar-refractivity contribution in [3.05, 3.63) is 126 Å². The maximum Gasteiger partial charge on any atom is 0.206 e. The molecule has 0 heterocycles. The third-order valence-electron chi connectivity index (χ3n) is 6.25. The Labute approximate surface area is 207 Å². The van der Waals surface area contributed by atoms with E-state index in [-0.39, 0.29) is 15.2 Å². The van der Waals surface area contributed by atoms with Crippen molar-refractivity contribution in [3.63, 3.8) is 0 Å². The number of aryl methyl sites for hydroxylation is 1. The van der Waals surface area contributed by atoms with Crippen LogP contribution in [0.5, 0.6) is 17.2 Å². The molecule has 0 aromatic heterocycles. The van der Waals surface area contributed by atoms with E-state index in [0.29, 0.717) is 11.5 Å². The average Bonchev–Trinajstić information content (AvgIpc) is 2.89. The molecule has 0 radical (unpaired) electrons. The second-order valence-corrected chi connectivity index (χ2v) is 10.5. The lowest BCUT2D eigenvalue weighted by molar-refractivity contribution is 0.414. The van der Waals surface area contributed by atoms with E-state index in [9.17, 15) is 8.42 Å². The highest BCUT2D eigenvalue weighted by molar-refractivity contribution is 7.91. The molecule has 35 heavy (non-hydrogen) atoms. The molecule has 0 saturated carbocycles. The van der Waals surface area contributed by atoms with Crippen LogP contribution in [-0.2, 0) is 15.3 Å². The summed E-state index contributed by atoms with van der Waals surface area (Å²) in [5.74, 6) is 2.02. The van der Waals surface area contributed by atoms with Gasteiger partial charge in [0.2, 0.25) is 9.84 Å². The first-order valence-corrected chi connectivity index (χ1v) is 12.7. The van der Waals surface area contributed by atoms with Gasteiger partial charge in [-0.1, -0.05) is 48.0 Å². The van der Waals surface area contributed by atoms with Crippen LogP contribution >= 0.6 is 0 Å². The fourth-order valence-electron chi connectivity index (χ4n) is 3.89. The van der Waals surface area contributed by atoms with Crippen molar-refractivity contribution in [2.45, 2.75) is 29.1 Å². The normalized spacial score (nSPS) is 13.0. The Hall–Kier alpha value is -3.83. The van der Waals surface area contributed by atoms with Crippen LogP contribution in [0.4, 0.5) is 0 Å². The predicted molar refractivity (Wildman–Crippen MR) is 139 cm³/mol. The molecule has 1 unspecified atom stereocenters. The number of hydrogen-bond acceptors (Lipinski definition) is 4. The van der Waals surface area contributed by atoms with Crippen LogP contribution in [-0.4, -0.2) is 15.5 Å². The van der Waals surface area contributed by atoms with Gasteiger partial charge < -0.3 is 9.47 Å². The van der Waals surface area contributed by atoms with E-state index < -0.39 is 9.84 Å². The highest BCUT2D eigenvalue weighted by atomic mass is 32.2. The number of allylic oxidation sites excluding steroid dienone is 1. The minimum Gasteiger partial charge on any atom is -0.497 e. The lowest BCUT2D eigenvalue weighted by atomic mass is 9.76. The molecule has 0 aliphatic heterocycles. The van der Waals surface area contributed by atoms with Crippen molar-refractivity contribution >= 4 is 9.84 Å². The van der Waals surface area contributed by atoms with Gasteiger partial charge in [-0.15, -0.1) is 6.58 Å². The molecule has 0 spiro atoms. The van der Waals surface area contributed by atoms with Gasteiger partial charge in [-0.3, -0.25) is 0 Å². The van der Waals surface area contributed by atoms with Gasteiger partial charge in [0.05, 0.1) is 16.9 Å². The molecule has 0 saturated heterocycles. The fourth-order valence-corrected chi connectivity index (χ4v) is 5.15. The van der Waals surface area contributed by atoms with E-state index in [1.54, 1.807) is 55.6 Å². The minimum absolute atomic E-state index is 0.227. The molecule has 4 rings (SSSR count). The van der Waals surface area contributed by atoms with Crippen LogP contribution in [0.15, 0.2) is 120 Å². The predicted octanol–water partition coefficient (Wildman–Crippen LogP) is 7.12. The first kappa shape index (κ1) is 24.3. The molecule has 4 aromatic rings. The maximum absolute atomic E-state index is 12.9. The van der Waals surface area contributed by atoms with Crippen molar-refractivity contribution in [2.24, 2.45) is 0 Å². The second kappa shape index (κ2) is 9.80. The third-order valence-corrected chi connectivity index (χ3v) is 8.04. The van der Waals surface area contributed by atoms with E-state index in [4.69, 9.17) is 9.47 Å². The Bertz CT molecular complexity index is 1400. The van der Waals surface area contributed by atoms with Crippen molar-refractivity contribution in [1.82, 2.24) is 0 Å². The first-order valence-electron chi connectivity index (χ1n) is 11.2. The molecule has 0 aliphatic carbocycles. The van der Waals surface area contributed by atoms with Gasteiger partial charge in [-0.05, 0) is 85.6 Å². The summed E-state index contributed by atoms with van der Waals surface area (Å²) in [6.07, 6.45) is 1.93. The summed E-state index contributed by atoms with van der Waals surface area (Å²) in [7, 11) is -1.92. The Morgan fingerprint density at radius 2 is 1.09 bits per heavy atom. The third kappa shape index (κ3) is 5.00. The monoisotopic (exact) mass is 484 g/mol. The van der Waals surface area contributed by atoms with Crippen LogP contribution in [0.25, 0.3) is 0 Å². The lowest BCUT2D eigenvalue weighted by Gasteiger charge is -2.27. The topological polar surface area (TPSA) is 52.6 Å². The van der Waals surface area contributed by atoms with Crippen molar-refractivity contribution < 1.29 is 17.9 Å². The fraction of sp³-hybridized carbons (Fsp3) is 0.133. The summed E-state index contributed by atoms with van der Waals surface area (Å²) in [5.41, 5.74) is 2.81. The quantitative estimate of drug-likeness (QED) is 0.250. The van der Waals surface area contributed by atoms with E-state index in [2.05, 4.69) is 13.5 Å². The van der Waals surface area contributed by atoms with Gasteiger partial charge in [-0.25, -0.2) is 8.42 Å². The van der Waals surface area contributed by atoms with Crippen LogP contribution in [0, 0.1) is 6.92 Å². The standard InChI is InChI=1S/C30H28O4S/c1-5-30(3,23-8-12-25(33-4)13-9-23)24-10-14-26(15-11-24)34-27-16-20-29(21-17-27)35(31,32)28-18-6-22(2)7-19-28/h5-21H,1H2,2-4H3. The second-order valence-electron chi connectivity index (χ2n) is 8.55. The molecule has 0 bridgehead atoms. The zero-order chi connectivity index (χ0) is 25.1. The SMILES string of the molecule is C=CC(C)(c1ccc(OC)cc1)c1ccc(Oc2ccc(S(=O)(=O)c3ccc(C)cc3)cc2)cc1. The van der Waals surface area contributed by atoms with Crippen LogP contribution in [0.1, 0.15) is 23.6 Å². The van der Waals surface area contributed by atoms with Gasteiger partial charge in [0.15, 0.2) is 0 Å². The van der Waals surface area contributed by atoms with Crippen LogP contribution in [0.3, 0.4) is 0 Å². The van der Waals surface area contributed by atoms with E-state index in [0.717, 1.165) is 22.4 Å². The summed E-state index contributed by atoms with van der Waals surface area (Å²) in [6.45, 7) is 8.10. The van der Waals surface area contributed by atoms with Crippen LogP contribution < -0.4 is 9.47 Å². The number of methoxy groups -OCH3 is 1. The molecule has 1 atom stereocenters. The number of hydrogen-bond donors (Lipinski definition) is 0. The molecule has 5 heteroatoms. The van der Waals surface area contributed by atoms with E-state index >= 15 is 0 Å². The molecular weight excluding hydrogens is 456 g/mol. The summed E-state index contributed by atoms with van der Waals surface area (Å²) in [5, 5.41) is 0. The van der Waals surface area contributed by atoms with Crippen LogP contribution in [0.2, 0.25) is 0 Å². The number of rotatable bonds is 8. The van der Waals surface area contributed by atoms with Gasteiger partial charge in [0.1, 0.15) is 17.2 Å². The molecule has 0 aliphatic rings. The summed E-state index contributed by atoms with van der Waals surface area (Å²) in [6, 6.07) is 29.1. The zero-order valence-corrected chi connectivity index (χ0v) is 20.9. The molecular formula is C30H28O4S.